The number of likely N-dealkylation sites (tertiary alicyclic amines) is 1. The number of nitrogens with zero attached hydrogens (tertiary/aromatic N) is 1. The van der Waals surface area contributed by atoms with Gasteiger partial charge in [0.2, 0.25) is 11.8 Å². The first-order chi connectivity index (χ1) is 12.7. The highest BCUT2D eigenvalue weighted by atomic mass is 16.7. The molecule has 7 nitrogen and oxygen atoms in total. The summed E-state index contributed by atoms with van der Waals surface area (Å²) in [6, 6.07) is 7.39. The first-order valence-corrected chi connectivity index (χ1v) is 8.73. The molecule has 0 aliphatic carbocycles. The molecule has 2 bridgehead atoms. The van der Waals surface area contributed by atoms with Crippen LogP contribution in [0.1, 0.15) is 5.56 Å². The summed E-state index contributed by atoms with van der Waals surface area (Å²) in [4.78, 5) is 27.5. The zero-order valence-corrected chi connectivity index (χ0v) is 14.3. The Balaban J connectivity index is 1.47. The van der Waals surface area contributed by atoms with Crippen molar-refractivity contribution in [2.75, 3.05) is 20.3 Å². The van der Waals surface area contributed by atoms with Crippen molar-refractivity contribution in [1.29, 1.82) is 0 Å². The van der Waals surface area contributed by atoms with Gasteiger partial charge in [-0.1, -0.05) is 24.3 Å². The first-order valence-electron chi connectivity index (χ1n) is 8.73. The molecule has 136 valence electrons. The van der Waals surface area contributed by atoms with E-state index in [4.69, 9.17) is 18.9 Å². The van der Waals surface area contributed by atoms with Crippen LogP contribution in [-0.2, 0) is 30.3 Å². The third-order valence-electron chi connectivity index (χ3n) is 5.68. The van der Waals surface area contributed by atoms with E-state index < -0.39 is 29.8 Å². The van der Waals surface area contributed by atoms with Crippen molar-refractivity contribution < 1.29 is 28.5 Å². The lowest BCUT2D eigenvalue weighted by molar-refractivity contribution is -0.183. The highest BCUT2D eigenvalue weighted by Crippen LogP contribution is 2.54. The minimum Gasteiger partial charge on any atom is -0.496 e. The summed E-state index contributed by atoms with van der Waals surface area (Å²) in [6.45, 7) is 1.10. The van der Waals surface area contributed by atoms with E-state index >= 15 is 0 Å². The summed E-state index contributed by atoms with van der Waals surface area (Å²) in [7, 11) is 1.57. The average Bonchev–Trinajstić information content (AvgIpc) is 3.42. The molecule has 0 radical (unpaired) electrons. The fraction of sp³-hybridized carbons (Fsp3) is 0.474. The van der Waals surface area contributed by atoms with Crippen LogP contribution in [0.15, 0.2) is 36.4 Å². The maximum absolute atomic E-state index is 13.2. The third-order valence-corrected chi connectivity index (χ3v) is 5.68. The lowest BCUT2D eigenvalue weighted by atomic mass is 9.76. The molecule has 1 aromatic carbocycles. The van der Waals surface area contributed by atoms with Crippen molar-refractivity contribution >= 4 is 11.8 Å². The van der Waals surface area contributed by atoms with E-state index in [0.29, 0.717) is 19.0 Å². The predicted molar refractivity (Wildman–Crippen MR) is 88.0 cm³/mol. The highest BCUT2D eigenvalue weighted by Gasteiger charge is 2.71. The van der Waals surface area contributed by atoms with Gasteiger partial charge in [-0.05, 0) is 12.1 Å². The summed E-state index contributed by atoms with van der Waals surface area (Å²) >= 11 is 0. The quantitative estimate of drug-likeness (QED) is 0.588. The number of methoxy groups -OCH3 is 1. The Morgan fingerprint density at radius 2 is 1.96 bits per heavy atom. The maximum Gasteiger partial charge on any atom is 0.237 e. The molecule has 0 saturated carbocycles. The number of para-hydroxylation sites is 1. The number of carbonyl (C=O) groups is 2. The van der Waals surface area contributed by atoms with Crippen LogP contribution in [-0.4, -0.2) is 55.0 Å². The number of hydrogen-bond acceptors (Lipinski definition) is 6. The second kappa shape index (κ2) is 5.64. The summed E-state index contributed by atoms with van der Waals surface area (Å²) < 4.78 is 22.7. The van der Waals surface area contributed by atoms with Gasteiger partial charge in [-0.15, -0.1) is 0 Å². The fourth-order valence-electron chi connectivity index (χ4n) is 4.55. The van der Waals surface area contributed by atoms with Crippen molar-refractivity contribution in [2.24, 2.45) is 11.8 Å². The smallest absolute Gasteiger partial charge is 0.237 e. The summed E-state index contributed by atoms with van der Waals surface area (Å²) in [5, 5.41) is 0. The molecule has 3 fully saturated rings. The number of hydrogen-bond donors (Lipinski definition) is 0. The van der Waals surface area contributed by atoms with Crippen LogP contribution in [0.4, 0.5) is 0 Å². The first kappa shape index (κ1) is 16.0. The van der Waals surface area contributed by atoms with Crippen LogP contribution >= 0.6 is 0 Å². The van der Waals surface area contributed by atoms with Gasteiger partial charge in [-0.2, -0.15) is 0 Å². The van der Waals surface area contributed by atoms with Gasteiger partial charge in [-0.3, -0.25) is 14.5 Å². The van der Waals surface area contributed by atoms with Crippen molar-refractivity contribution in [2.45, 2.75) is 24.5 Å². The monoisotopic (exact) mass is 357 g/mol. The zero-order valence-electron chi connectivity index (χ0n) is 14.3. The maximum atomic E-state index is 13.2. The lowest BCUT2D eigenvalue weighted by Crippen LogP contribution is -2.49. The Morgan fingerprint density at radius 1 is 1.19 bits per heavy atom. The highest BCUT2D eigenvalue weighted by molar-refractivity contribution is 6.07. The van der Waals surface area contributed by atoms with Gasteiger partial charge in [0.05, 0.1) is 44.8 Å². The number of benzene rings is 1. The molecular formula is C19H19NO6. The molecule has 1 aromatic rings. The average molecular weight is 357 g/mol. The second-order valence-corrected chi connectivity index (χ2v) is 6.95. The SMILES string of the molecule is COc1ccccc1CN1C(=O)[C@@H]2[C@@H](C1=O)[C@@]1(C3OCCO3)C=C[C@H]2O1. The lowest BCUT2D eigenvalue weighted by Gasteiger charge is -2.32. The molecule has 26 heavy (non-hydrogen) atoms. The molecule has 2 amide bonds. The van der Waals surface area contributed by atoms with Crippen molar-refractivity contribution in [1.82, 2.24) is 4.90 Å². The molecule has 7 heteroatoms. The predicted octanol–water partition coefficient (Wildman–Crippen LogP) is 0.877. The van der Waals surface area contributed by atoms with Crippen molar-refractivity contribution in [3.05, 3.63) is 42.0 Å². The zero-order chi connectivity index (χ0) is 17.9. The molecule has 4 aliphatic rings. The standard InChI is InChI=1S/C19H19NO6/c1-23-12-5-3-2-4-11(12)10-20-16(21)14-13-6-7-19(26-13,15(14)17(20)22)18-24-8-9-25-18/h2-7,13-15,18H,8-10H2,1H3/t13-,14+,15+,19-/m1/s1. The number of ether oxygens (including phenoxy) is 4. The van der Waals surface area contributed by atoms with Gasteiger partial charge in [0, 0.05) is 5.56 Å². The van der Waals surface area contributed by atoms with E-state index in [1.165, 1.54) is 4.90 Å². The second-order valence-electron chi connectivity index (χ2n) is 6.95. The molecule has 4 atom stereocenters. The summed E-state index contributed by atoms with van der Waals surface area (Å²) in [6.07, 6.45) is 2.63. The number of rotatable bonds is 4. The molecule has 3 saturated heterocycles. The van der Waals surface area contributed by atoms with Crippen LogP contribution in [0.2, 0.25) is 0 Å². The van der Waals surface area contributed by atoms with Crippen LogP contribution in [0, 0.1) is 11.8 Å². The van der Waals surface area contributed by atoms with Gasteiger partial charge < -0.3 is 18.9 Å². The molecule has 0 N–H and O–H groups in total. The Kier molecular flexibility index (Phi) is 3.47. The fourth-order valence-corrected chi connectivity index (χ4v) is 4.55. The topological polar surface area (TPSA) is 74.3 Å². The van der Waals surface area contributed by atoms with Gasteiger partial charge in [0.25, 0.3) is 0 Å². The minimum atomic E-state index is -1.01. The van der Waals surface area contributed by atoms with E-state index in [1.807, 2.05) is 36.4 Å². The largest absolute Gasteiger partial charge is 0.496 e. The Morgan fingerprint density at radius 3 is 2.73 bits per heavy atom. The van der Waals surface area contributed by atoms with Gasteiger partial charge in [-0.25, -0.2) is 0 Å². The van der Waals surface area contributed by atoms with Crippen molar-refractivity contribution in [3.8, 4) is 5.75 Å². The van der Waals surface area contributed by atoms with Gasteiger partial charge >= 0.3 is 0 Å². The molecule has 0 aromatic heterocycles. The van der Waals surface area contributed by atoms with Gasteiger partial charge in [0.15, 0.2) is 11.9 Å². The van der Waals surface area contributed by atoms with E-state index in [0.717, 1.165) is 5.56 Å². The molecule has 5 rings (SSSR count). The third kappa shape index (κ3) is 1.99. The minimum absolute atomic E-state index is 0.184. The number of imide groups is 1. The molecule has 0 spiro atoms. The molecule has 0 unspecified atom stereocenters. The Labute approximate surface area is 150 Å². The van der Waals surface area contributed by atoms with Crippen LogP contribution in [0.25, 0.3) is 0 Å². The van der Waals surface area contributed by atoms with E-state index in [1.54, 1.807) is 7.11 Å². The van der Waals surface area contributed by atoms with Gasteiger partial charge in [0.1, 0.15) is 5.75 Å². The van der Waals surface area contributed by atoms with Crippen LogP contribution in [0.3, 0.4) is 0 Å². The molecular weight excluding hydrogens is 338 g/mol. The van der Waals surface area contributed by atoms with Crippen LogP contribution in [0.5, 0.6) is 5.75 Å². The summed E-state index contributed by atoms with van der Waals surface area (Å²) in [5.41, 5.74) is -0.214. The van der Waals surface area contributed by atoms with Crippen LogP contribution < -0.4 is 4.74 Å². The number of fused-ring (bicyclic) bond motifs is 5. The van der Waals surface area contributed by atoms with E-state index in [-0.39, 0.29) is 18.4 Å². The number of carbonyl (C=O) groups excluding carboxylic acids is 2. The molecule has 4 heterocycles. The summed E-state index contributed by atoms with van der Waals surface area (Å²) in [5.74, 6) is -0.922. The van der Waals surface area contributed by atoms with E-state index in [2.05, 4.69) is 0 Å². The van der Waals surface area contributed by atoms with E-state index in [9.17, 15) is 9.59 Å². The Bertz CT molecular complexity index is 801. The number of amides is 2. The molecule has 4 aliphatic heterocycles. The normalized spacial score (nSPS) is 35.6. The van der Waals surface area contributed by atoms with Crippen molar-refractivity contribution in [3.63, 3.8) is 0 Å². The Hall–Kier alpha value is -2.22.